The average molecular weight is 422 g/mol. The van der Waals surface area contributed by atoms with Crippen molar-refractivity contribution in [1.82, 2.24) is 9.97 Å². The summed E-state index contributed by atoms with van der Waals surface area (Å²) in [4.78, 5) is 20.0. The summed E-state index contributed by atoms with van der Waals surface area (Å²) in [6, 6.07) is 12.3. The molecule has 1 unspecified atom stereocenters. The van der Waals surface area contributed by atoms with Gasteiger partial charge in [0.1, 0.15) is 17.4 Å². The summed E-state index contributed by atoms with van der Waals surface area (Å²) < 4.78 is 5.73. The molecule has 1 heterocycles. The fraction of sp³-hybridized carbons (Fsp3) is 0.261. The summed E-state index contributed by atoms with van der Waals surface area (Å²) in [5.74, 6) is 0.290. The van der Waals surface area contributed by atoms with Gasteiger partial charge in [0.15, 0.2) is 5.54 Å². The normalized spacial score (nSPS) is 12.7. The number of ether oxygens (including phenoxy) is 1. The van der Waals surface area contributed by atoms with Crippen LogP contribution in [0, 0.1) is 12.3 Å². The first kappa shape index (κ1) is 21.9. The molecule has 162 valence electrons. The molecule has 3 rings (SSSR count). The first-order chi connectivity index (χ1) is 14.8. The molecule has 8 nitrogen and oxygen atoms in total. The predicted molar refractivity (Wildman–Crippen MR) is 121 cm³/mol. The topological polar surface area (TPSA) is 137 Å². The number of rotatable bonds is 9. The van der Waals surface area contributed by atoms with Crippen molar-refractivity contribution in [3.05, 3.63) is 65.6 Å². The maximum absolute atomic E-state index is 12.6. The Hall–Kier alpha value is -3.81. The predicted octanol–water partition coefficient (Wildman–Crippen LogP) is 3.87. The molecule has 0 aliphatic rings. The van der Waals surface area contributed by atoms with Crippen LogP contribution in [0.5, 0.6) is 5.75 Å². The monoisotopic (exact) mass is 421 g/mol. The van der Waals surface area contributed by atoms with Crippen LogP contribution in [0.3, 0.4) is 0 Å². The number of hydrogen-bond donors (Lipinski definition) is 5. The summed E-state index contributed by atoms with van der Waals surface area (Å²) in [6.45, 7) is 6.01. The summed E-state index contributed by atoms with van der Waals surface area (Å²) >= 11 is 0. The van der Waals surface area contributed by atoms with Crippen LogP contribution in [0.2, 0.25) is 0 Å². The van der Waals surface area contributed by atoms with Gasteiger partial charge in [-0.25, -0.2) is 9.78 Å². The number of aromatic nitrogens is 2. The zero-order valence-corrected chi connectivity index (χ0v) is 17.8. The van der Waals surface area contributed by atoms with E-state index in [9.17, 15) is 9.90 Å². The maximum Gasteiger partial charge on any atom is 0.334 e. The molecule has 3 aromatic rings. The lowest BCUT2D eigenvalue weighted by molar-refractivity contribution is -0.142. The molecule has 0 spiro atoms. The largest absolute Gasteiger partial charge is 0.494 e. The number of nitrogens with one attached hydrogen (secondary N) is 3. The number of benzene rings is 2. The smallest absolute Gasteiger partial charge is 0.334 e. The molecule has 31 heavy (non-hydrogen) atoms. The highest BCUT2D eigenvalue weighted by Crippen LogP contribution is 2.36. The van der Waals surface area contributed by atoms with Crippen LogP contribution in [0.1, 0.15) is 37.2 Å². The van der Waals surface area contributed by atoms with Gasteiger partial charge >= 0.3 is 5.97 Å². The summed E-state index contributed by atoms with van der Waals surface area (Å²) in [6.07, 6.45) is 2.00. The number of carboxylic acid groups (broad SMARTS) is 1. The number of nitrogens with two attached hydrogens (primary N) is 1. The zero-order valence-electron chi connectivity index (χ0n) is 17.8. The Balaban J connectivity index is 2.11. The van der Waals surface area contributed by atoms with E-state index in [1.807, 2.05) is 32.9 Å². The van der Waals surface area contributed by atoms with Crippen LogP contribution in [0.4, 0.5) is 5.69 Å². The van der Waals surface area contributed by atoms with Gasteiger partial charge < -0.3 is 25.9 Å². The van der Waals surface area contributed by atoms with Crippen LogP contribution in [-0.2, 0) is 10.3 Å². The highest BCUT2D eigenvalue weighted by atomic mass is 16.5. The standard InChI is InChI=1S/C23H27N5O3/c1-4-23(22(29)30,28-18-8-6-15(7-9-18)21(24)25)17-10-16(11-19(12-17)31-5-2)20-13-26-14(3)27-20/h6-13,28H,4-5H2,1-3H3,(H3,24,25)(H,26,27)(H,29,30). The van der Waals surface area contributed by atoms with E-state index in [0.717, 1.165) is 17.1 Å². The Bertz CT molecular complexity index is 1090. The van der Waals surface area contributed by atoms with E-state index in [2.05, 4.69) is 15.3 Å². The van der Waals surface area contributed by atoms with Crippen molar-refractivity contribution in [3.8, 4) is 17.0 Å². The minimum Gasteiger partial charge on any atom is -0.494 e. The van der Waals surface area contributed by atoms with E-state index < -0.39 is 11.5 Å². The Morgan fingerprint density at radius 2 is 1.97 bits per heavy atom. The molecule has 0 saturated carbocycles. The summed E-state index contributed by atoms with van der Waals surface area (Å²) in [5, 5.41) is 21.0. The van der Waals surface area contributed by atoms with Gasteiger partial charge in [0, 0.05) is 16.8 Å². The fourth-order valence-corrected chi connectivity index (χ4v) is 3.49. The van der Waals surface area contributed by atoms with Crippen LogP contribution < -0.4 is 15.8 Å². The van der Waals surface area contributed by atoms with E-state index in [0.29, 0.717) is 29.2 Å². The van der Waals surface area contributed by atoms with Gasteiger partial charge in [0.05, 0.1) is 18.5 Å². The van der Waals surface area contributed by atoms with Gasteiger partial charge in [-0.2, -0.15) is 0 Å². The van der Waals surface area contributed by atoms with Crippen LogP contribution >= 0.6 is 0 Å². The Morgan fingerprint density at radius 1 is 1.26 bits per heavy atom. The zero-order chi connectivity index (χ0) is 22.6. The number of aliphatic carboxylic acids is 1. The number of aryl methyl sites for hydroxylation is 1. The Morgan fingerprint density at radius 3 is 2.48 bits per heavy atom. The lowest BCUT2D eigenvalue weighted by atomic mass is 9.85. The highest BCUT2D eigenvalue weighted by Gasteiger charge is 2.39. The fourth-order valence-electron chi connectivity index (χ4n) is 3.49. The number of hydrogen-bond acceptors (Lipinski definition) is 5. The third-order valence-corrected chi connectivity index (χ3v) is 5.17. The molecular formula is C23H27N5O3. The second kappa shape index (κ2) is 8.91. The van der Waals surface area contributed by atoms with Crippen molar-refractivity contribution in [1.29, 1.82) is 5.41 Å². The SMILES string of the molecule is CCOc1cc(-c2cnc(C)[nH]2)cc(C(CC)(Nc2ccc(C(=N)N)cc2)C(=O)O)c1. The van der Waals surface area contributed by atoms with Crippen molar-refractivity contribution in [3.63, 3.8) is 0 Å². The summed E-state index contributed by atoms with van der Waals surface area (Å²) in [5.41, 5.74) is 7.43. The molecule has 8 heteroatoms. The molecule has 0 aliphatic carbocycles. The third-order valence-electron chi connectivity index (χ3n) is 5.17. The molecule has 6 N–H and O–H groups in total. The van der Waals surface area contributed by atoms with Crippen molar-refractivity contribution in [2.45, 2.75) is 32.7 Å². The molecule has 1 aromatic heterocycles. The molecule has 1 atom stereocenters. The maximum atomic E-state index is 12.6. The van der Waals surface area contributed by atoms with E-state index in [-0.39, 0.29) is 12.3 Å². The molecule has 0 radical (unpaired) electrons. The molecule has 0 amide bonds. The number of carboxylic acids is 1. The molecule has 0 saturated heterocycles. The van der Waals surface area contributed by atoms with E-state index in [1.165, 1.54) is 0 Å². The second-order valence-electron chi connectivity index (χ2n) is 7.24. The van der Waals surface area contributed by atoms with Gasteiger partial charge in [-0.3, -0.25) is 5.41 Å². The minimum absolute atomic E-state index is 0.0459. The van der Waals surface area contributed by atoms with Crippen molar-refractivity contribution >= 4 is 17.5 Å². The molecule has 0 fully saturated rings. The number of carbonyl (C=O) groups is 1. The molecule has 0 aliphatic heterocycles. The number of H-pyrrole nitrogens is 1. The number of imidazole rings is 1. The first-order valence-electron chi connectivity index (χ1n) is 10.1. The Kier molecular flexibility index (Phi) is 6.29. The number of aromatic amines is 1. The van der Waals surface area contributed by atoms with Gasteiger partial charge in [-0.05, 0) is 68.3 Å². The quantitative estimate of drug-likeness (QED) is 0.263. The average Bonchev–Trinajstić information content (AvgIpc) is 3.18. The summed E-state index contributed by atoms with van der Waals surface area (Å²) in [7, 11) is 0. The molecule has 0 bridgehead atoms. The molecule has 2 aromatic carbocycles. The van der Waals surface area contributed by atoms with Gasteiger partial charge in [0.25, 0.3) is 0 Å². The first-order valence-corrected chi connectivity index (χ1v) is 10.1. The van der Waals surface area contributed by atoms with Gasteiger partial charge in [-0.1, -0.05) is 6.92 Å². The van der Waals surface area contributed by atoms with E-state index in [1.54, 1.807) is 36.5 Å². The lowest BCUT2D eigenvalue weighted by Gasteiger charge is -2.32. The third kappa shape index (κ3) is 4.53. The number of nitrogens with zero attached hydrogens (tertiary/aromatic N) is 1. The van der Waals surface area contributed by atoms with Crippen molar-refractivity contribution < 1.29 is 14.6 Å². The van der Waals surface area contributed by atoms with Crippen LogP contribution in [-0.4, -0.2) is 33.5 Å². The number of amidine groups is 1. The van der Waals surface area contributed by atoms with E-state index in [4.69, 9.17) is 15.9 Å². The highest BCUT2D eigenvalue weighted by molar-refractivity contribution is 5.95. The van der Waals surface area contributed by atoms with Crippen molar-refractivity contribution in [2.75, 3.05) is 11.9 Å². The van der Waals surface area contributed by atoms with Crippen molar-refractivity contribution in [2.24, 2.45) is 5.73 Å². The van der Waals surface area contributed by atoms with E-state index >= 15 is 0 Å². The number of nitrogen functional groups attached to an aromatic ring is 1. The second-order valence-corrected chi connectivity index (χ2v) is 7.24. The van der Waals surface area contributed by atoms with Gasteiger partial charge in [-0.15, -0.1) is 0 Å². The number of anilines is 1. The Labute approximate surface area is 181 Å². The molecular weight excluding hydrogens is 394 g/mol. The minimum atomic E-state index is -1.39. The van der Waals surface area contributed by atoms with Gasteiger partial charge in [0.2, 0.25) is 0 Å². The van der Waals surface area contributed by atoms with Crippen LogP contribution in [0.15, 0.2) is 48.7 Å². The van der Waals surface area contributed by atoms with Crippen LogP contribution in [0.25, 0.3) is 11.3 Å². The lowest BCUT2D eigenvalue weighted by Crippen LogP contribution is -2.43.